The third-order valence-corrected chi connectivity index (χ3v) is 3.88. The van der Waals surface area contributed by atoms with Crippen LogP contribution < -0.4 is 5.32 Å². The highest BCUT2D eigenvalue weighted by atomic mass is 16.5. The number of rotatable bonds is 8. The topological polar surface area (TPSA) is 41.5 Å². The SMILES string of the molecule is OCCOCCNC(c1ccccc1)C1CCCC1. The normalized spacial score (nSPS) is 17.7. The molecule has 106 valence electrons. The van der Waals surface area contributed by atoms with Gasteiger partial charge in [-0.1, -0.05) is 43.2 Å². The van der Waals surface area contributed by atoms with E-state index in [1.807, 2.05) is 0 Å². The number of benzene rings is 1. The van der Waals surface area contributed by atoms with E-state index in [-0.39, 0.29) is 6.61 Å². The maximum Gasteiger partial charge on any atom is 0.0698 e. The number of nitrogens with one attached hydrogen (secondary N) is 1. The fourth-order valence-corrected chi connectivity index (χ4v) is 2.96. The number of ether oxygens (including phenoxy) is 1. The summed E-state index contributed by atoms with van der Waals surface area (Å²) in [6.07, 6.45) is 5.36. The van der Waals surface area contributed by atoms with Crippen molar-refractivity contribution >= 4 is 0 Å². The van der Waals surface area contributed by atoms with Gasteiger partial charge >= 0.3 is 0 Å². The maximum absolute atomic E-state index is 8.68. The highest BCUT2D eigenvalue weighted by Crippen LogP contribution is 2.35. The van der Waals surface area contributed by atoms with Crippen molar-refractivity contribution in [1.82, 2.24) is 5.32 Å². The van der Waals surface area contributed by atoms with E-state index >= 15 is 0 Å². The van der Waals surface area contributed by atoms with Crippen molar-refractivity contribution in [3.8, 4) is 0 Å². The van der Waals surface area contributed by atoms with Crippen molar-refractivity contribution in [3.63, 3.8) is 0 Å². The number of aliphatic hydroxyl groups excluding tert-OH is 1. The molecule has 0 heterocycles. The molecule has 2 rings (SSSR count). The van der Waals surface area contributed by atoms with Gasteiger partial charge in [-0.15, -0.1) is 0 Å². The Labute approximate surface area is 116 Å². The minimum atomic E-state index is 0.102. The Hall–Kier alpha value is -0.900. The molecule has 2 N–H and O–H groups in total. The van der Waals surface area contributed by atoms with Crippen LogP contribution in [0.4, 0.5) is 0 Å². The van der Waals surface area contributed by atoms with E-state index in [1.165, 1.54) is 31.2 Å². The van der Waals surface area contributed by atoms with Gasteiger partial charge in [0.25, 0.3) is 0 Å². The first-order chi connectivity index (χ1) is 9.42. The highest BCUT2D eigenvalue weighted by Gasteiger charge is 2.25. The fourth-order valence-electron chi connectivity index (χ4n) is 2.96. The third kappa shape index (κ3) is 4.60. The molecular formula is C16H25NO2. The second kappa shape index (κ2) is 8.31. The van der Waals surface area contributed by atoms with Gasteiger partial charge in [-0.05, 0) is 24.3 Å². The molecule has 0 saturated heterocycles. The van der Waals surface area contributed by atoms with Crippen LogP contribution in [0, 0.1) is 5.92 Å². The predicted molar refractivity (Wildman–Crippen MR) is 77.0 cm³/mol. The summed E-state index contributed by atoms with van der Waals surface area (Å²) in [7, 11) is 0. The summed E-state index contributed by atoms with van der Waals surface area (Å²) in [5, 5.41) is 12.3. The molecule has 3 nitrogen and oxygen atoms in total. The van der Waals surface area contributed by atoms with Crippen LogP contribution in [-0.2, 0) is 4.74 Å². The van der Waals surface area contributed by atoms with E-state index in [0.29, 0.717) is 19.3 Å². The van der Waals surface area contributed by atoms with Crippen molar-refractivity contribution in [3.05, 3.63) is 35.9 Å². The van der Waals surface area contributed by atoms with E-state index in [4.69, 9.17) is 9.84 Å². The zero-order valence-electron chi connectivity index (χ0n) is 11.6. The van der Waals surface area contributed by atoms with Crippen LogP contribution in [0.3, 0.4) is 0 Å². The van der Waals surface area contributed by atoms with Gasteiger partial charge in [-0.25, -0.2) is 0 Å². The Morgan fingerprint density at radius 1 is 1.16 bits per heavy atom. The average molecular weight is 263 g/mol. The van der Waals surface area contributed by atoms with E-state index in [1.54, 1.807) is 0 Å². The summed E-state index contributed by atoms with van der Waals surface area (Å²) in [5.41, 5.74) is 1.39. The van der Waals surface area contributed by atoms with Crippen LogP contribution >= 0.6 is 0 Å². The Balaban J connectivity index is 1.87. The fraction of sp³-hybridized carbons (Fsp3) is 0.625. The quantitative estimate of drug-likeness (QED) is 0.708. The van der Waals surface area contributed by atoms with E-state index in [0.717, 1.165) is 12.5 Å². The van der Waals surface area contributed by atoms with Crippen LogP contribution in [-0.4, -0.2) is 31.5 Å². The summed E-state index contributed by atoms with van der Waals surface area (Å²) >= 11 is 0. The highest BCUT2D eigenvalue weighted by molar-refractivity contribution is 5.20. The summed E-state index contributed by atoms with van der Waals surface area (Å²) < 4.78 is 5.32. The van der Waals surface area contributed by atoms with Gasteiger partial charge in [-0.2, -0.15) is 0 Å². The molecule has 0 aromatic heterocycles. The molecule has 19 heavy (non-hydrogen) atoms. The molecule has 1 saturated carbocycles. The molecule has 0 aliphatic heterocycles. The smallest absolute Gasteiger partial charge is 0.0698 e. The van der Waals surface area contributed by atoms with Gasteiger partial charge < -0.3 is 15.2 Å². The van der Waals surface area contributed by atoms with Crippen molar-refractivity contribution in [1.29, 1.82) is 0 Å². The molecule has 0 amide bonds. The van der Waals surface area contributed by atoms with Gasteiger partial charge in [0, 0.05) is 12.6 Å². The Morgan fingerprint density at radius 2 is 1.89 bits per heavy atom. The molecule has 1 aliphatic rings. The summed E-state index contributed by atoms with van der Waals surface area (Å²) in [6.45, 7) is 2.04. The van der Waals surface area contributed by atoms with Crippen LogP contribution in [0.2, 0.25) is 0 Å². The summed E-state index contributed by atoms with van der Waals surface area (Å²) in [6, 6.07) is 11.2. The Morgan fingerprint density at radius 3 is 2.58 bits per heavy atom. The number of hydrogen-bond acceptors (Lipinski definition) is 3. The van der Waals surface area contributed by atoms with Gasteiger partial charge in [0.05, 0.1) is 19.8 Å². The first-order valence-corrected chi connectivity index (χ1v) is 7.38. The lowest BCUT2D eigenvalue weighted by Gasteiger charge is -2.25. The molecule has 1 unspecified atom stereocenters. The van der Waals surface area contributed by atoms with Crippen LogP contribution in [0.5, 0.6) is 0 Å². The number of hydrogen-bond donors (Lipinski definition) is 2. The summed E-state index contributed by atoms with van der Waals surface area (Å²) in [4.78, 5) is 0. The van der Waals surface area contributed by atoms with Crippen LogP contribution in [0.1, 0.15) is 37.3 Å². The van der Waals surface area contributed by atoms with Gasteiger partial charge in [-0.3, -0.25) is 0 Å². The maximum atomic E-state index is 8.68. The predicted octanol–water partition coefficient (Wildman–Crippen LogP) is 2.52. The second-order valence-corrected chi connectivity index (χ2v) is 5.22. The van der Waals surface area contributed by atoms with Crippen LogP contribution in [0.25, 0.3) is 0 Å². The first-order valence-electron chi connectivity index (χ1n) is 7.38. The molecular weight excluding hydrogens is 238 g/mol. The lowest BCUT2D eigenvalue weighted by molar-refractivity contribution is 0.0913. The zero-order chi connectivity index (χ0) is 13.3. The second-order valence-electron chi connectivity index (χ2n) is 5.22. The van der Waals surface area contributed by atoms with Gasteiger partial charge in [0.2, 0.25) is 0 Å². The molecule has 1 aromatic rings. The Bertz CT molecular complexity index is 336. The van der Waals surface area contributed by atoms with Gasteiger partial charge in [0.15, 0.2) is 0 Å². The Kier molecular flexibility index (Phi) is 6.34. The first kappa shape index (κ1) is 14.5. The monoisotopic (exact) mass is 263 g/mol. The molecule has 1 aliphatic carbocycles. The van der Waals surface area contributed by atoms with E-state index in [2.05, 4.69) is 35.6 Å². The zero-order valence-corrected chi connectivity index (χ0v) is 11.6. The molecule has 0 bridgehead atoms. The van der Waals surface area contributed by atoms with E-state index in [9.17, 15) is 0 Å². The van der Waals surface area contributed by atoms with Crippen LogP contribution in [0.15, 0.2) is 30.3 Å². The van der Waals surface area contributed by atoms with Gasteiger partial charge in [0.1, 0.15) is 0 Å². The van der Waals surface area contributed by atoms with Crippen molar-refractivity contribution in [2.24, 2.45) is 5.92 Å². The molecule has 1 fully saturated rings. The molecule has 0 spiro atoms. The van der Waals surface area contributed by atoms with Crippen molar-refractivity contribution in [2.75, 3.05) is 26.4 Å². The number of aliphatic hydroxyl groups is 1. The molecule has 1 atom stereocenters. The standard InChI is InChI=1S/C16H25NO2/c18-11-13-19-12-10-17-16(15-8-4-5-9-15)14-6-2-1-3-7-14/h1-3,6-7,15-18H,4-5,8-13H2. The minimum absolute atomic E-state index is 0.102. The third-order valence-electron chi connectivity index (χ3n) is 3.88. The van der Waals surface area contributed by atoms with Crippen molar-refractivity contribution in [2.45, 2.75) is 31.7 Å². The van der Waals surface area contributed by atoms with Crippen molar-refractivity contribution < 1.29 is 9.84 Å². The molecule has 3 heteroatoms. The largest absolute Gasteiger partial charge is 0.394 e. The lowest BCUT2D eigenvalue weighted by Crippen LogP contribution is -2.30. The average Bonchev–Trinajstić information content (AvgIpc) is 2.98. The summed E-state index contributed by atoms with van der Waals surface area (Å²) in [5.74, 6) is 0.750. The lowest BCUT2D eigenvalue weighted by atomic mass is 9.91. The molecule has 0 radical (unpaired) electrons. The molecule has 1 aromatic carbocycles. The van der Waals surface area contributed by atoms with E-state index < -0.39 is 0 Å². The minimum Gasteiger partial charge on any atom is -0.394 e.